The molecule has 28 heavy (non-hydrogen) atoms. The van der Waals surface area contributed by atoms with Crippen molar-refractivity contribution in [2.24, 2.45) is 5.92 Å². The van der Waals surface area contributed by atoms with Crippen LogP contribution >= 0.6 is 15.9 Å². The van der Waals surface area contributed by atoms with Crippen LogP contribution in [-0.4, -0.2) is 43.2 Å². The fourth-order valence-corrected chi connectivity index (χ4v) is 5.06. The van der Waals surface area contributed by atoms with Gasteiger partial charge < -0.3 is 9.47 Å². The van der Waals surface area contributed by atoms with Crippen LogP contribution in [0.1, 0.15) is 36.5 Å². The largest absolute Gasteiger partial charge is 0.469 e. The lowest BCUT2D eigenvalue weighted by atomic mass is 9.87. The van der Waals surface area contributed by atoms with E-state index in [0.29, 0.717) is 6.04 Å². The van der Waals surface area contributed by atoms with Gasteiger partial charge in [-0.1, -0.05) is 58.4 Å². The highest BCUT2D eigenvalue weighted by atomic mass is 79.9. The van der Waals surface area contributed by atoms with Crippen LogP contribution in [0, 0.1) is 5.92 Å². The van der Waals surface area contributed by atoms with Crippen LogP contribution in [0.3, 0.4) is 0 Å². The van der Waals surface area contributed by atoms with E-state index in [-0.39, 0.29) is 30.1 Å². The zero-order valence-corrected chi connectivity index (χ0v) is 17.8. The van der Waals surface area contributed by atoms with Crippen LogP contribution in [-0.2, 0) is 14.3 Å². The maximum absolute atomic E-state index is 12.7. The highest BCUT2D eigenvalue weighted by Gasteiger charge is 2.50. The quantitative estimate of drug-likeness (QED) is 0.633. The molecule has 2 saturated heterocycles. The first-order valence-electron chi connectivity index (χ1n) is 9.84. The number of esters is 1. The van der Waals surface area contributed by atoms with Gasteiger partial charge in [-0.25, -0.2) is 0 Å². The second-order valence-electron chi connectivity index (χ2n) is 7.77. The molecular weight excluding hydrogens is 418 g/mol. The van der Waals surface area contributed by atoms with Crippen molar-refractivity contribution in [3.63, 3.8) is 0 Å². The molecule has 4 rings (SSSR count). The first-order chi connectivity index (χ1) is 13.6. The zero-order chi connectivity index (χ0) is 19.7. The average Bonchev–Trinajstić information content (AvgIpc) is 2.96. The summed E-state index contributed by atoms with van der Waals surface area (Å²) in [4.78, 5) is 15.0. The van der Waals surface area contributed by atoms with Crippen molar-refractivity contribution >= 4 is 21.9 Å². The van der Waals surface area contributed by atoms with E-state index in [9.17, 15) is 4.79 Å². The minimum atomic E-state index is -0.254. The third-order valence-electron chi connectivity index (χ3n) is 6.27. The number of benzene rings is 2. The molecule has 0 saturated carbocycles. The number of fused-ring (bicyclic) bond motifs is 2. The fourth-order valence-electron chi connectivity index (χ4n) is 4.80. The number of carbonyl (C=O) groups is 1. The summed E-state index contributed by atoms with van der Waals surface area (Å²) in [5, 5.41) is 0. The number of ether oxygens (including phenoxy) is 2. The van der Waals surface area contributed by atoms with Gasteiger partial charge in [-0.05, 0) is 49.6 Å². The van der Waals surface area contributed by atoms with Gasteiger partial charge in [0.25, 0.3) is 0 Å². The number of methoxy groups -OCH3 is 1. The number of rotatable bonds is 5. The Kier molecular flexibility index (Phi) is 5.85. The van der Waals surface area contributed by atoms with Crippen LogP contribution < -0.4 is 0 Å². The standard InChI is InChI=1S/C23H26BrNO3/c1-25-18-12-13-19(25)21(23(26)27-2)20(14-18)28-22(15-6-4-3-5-7-15)16-8-10-17(24)11-9-16/h3-11,18-22H,12-14H2,1-2H3/t18?,19?,20-,21?,22?/m0/s1. The summed E-state index contributed by atoms with van der Waals surface area (Å²) in [5.74, 6) is -0.416. The molecule has 2 aliphatic rings. The Labute approximate surface area is 175 Å². The van der Waals surface area contributed by atoms with Crippen LogP contribution in [0.5, 0.6) is 0 Å². The molecule has 0 spiro atoms. The third-order valence-corrected chi connectivity index (χ3v) is 6.80. The van der Waals surface area contributed by atoms with E-state index < -0.39 is 0 Å². The molecule has 0 aromatic heterocycles. The molecule has 4 nitrogen and oxygen atoms in total. The van der Waals surface area contributed by atoms with Gasteiger partial charge in [-0.2, -0.15) is 0 Å². The molecule has 2 fully saturated rings. The number of hydrogen-bond donors (Lipinski definition) is 0. The second-order valence-corrected chi connectivity index (χ2v) is 8.68. The second kappa shape index (κ2) is 8.36. The Morgan fingerprint density at radius 2 is 1.75 bits per heavy atom. The summed E-state index contributed by atoms with van der Waals surface area (Å²) < 4.78 is 12.9. The Morgan fingerprint density at radius 3 is 2.43 bits per heavy atom. The van der Waals surface area contributed by atoms with Gasteiger partial charge in [-0.3, -0.25) is 9.69 Å². The molecule has 2 aromatic carbocycles. The van der Waals surface area contributed by atoms with Crippen molar-refractivity contribution in [1.82, 2.24) is 4.90 Å². The first kappa shape index (κ1) is 19.6. The van der Waals surface area contributed by atoms with E-state index in [4.69, 9.17) is 9.47 Å². The molecule has 2 heterocycles. The lowest BCUT2D eigenvalue weighted by Gasteiger charge is -2.42. The topological polar surface area (TPSA) is 38.8 Å². The summed E-state index contributed by atoms with van der Waals surface area (Å²) in [6.45, 7) is 0. The van der Waals surface area contributed by atoms with Crippen molar-refractivity contribution in [1.29, 1.82) is 0 Å². The van der Waals surface area contributed by atoms with Crippen molar-refractivity contribution in [2.45, 2.75) is 43.6 Å². The summed E-state index contributed by atoms with van der Waals surface area (Å²) in [7, 11) is 3.60. The Bertz CT molecular complexity index is 810. The maximum Gasteiger partial charge on any atom is 0.312 e. The normalized spacial score (nSPS) is 28.1. The smallest absolute Gasteiger partial charge is 0.312 e. The molecule has 148 valence electrons. The summed E-state index contributed by atoms with van der Waals surface area (Å²) in [6.07, 6.45) is 2.62. The Hall–Kier alpha value is -1.69. The van der Waals surface area contributed by atoms with Crippen LogP contribution in [0.25, 0.3) is 0 Å². The van der Waals surface area contributed by atoms with E-state index in [1.54, 1.807) is 0 Å². The lowest BCUT2D eigenvalue weighted by Crippen LogP contribution is -2.53. The molecule has 0 aliphatic carbocycles. The summed E-state index contributed by atoms with van der Waals surface area (Å²) in [5.41, 5.74) is 2.18. The highest BCUT2D eigenvalue weighted by molar-refractivity contribution is 9.10. The predicted octanol–water partition coefficient (Wildman–Crippen LogP) is 4.58. The van der Waals surface area contributed by atoms with Crippen molar-refractivity contribution in [3.05, 3.63) is 70.2 Å². The Balaban J connectivity index is 1.67. The van der Waals surface area contributed by atoms with E-state index in [2.05, 4.69) is 52.1 Å². The van der Waals surface area contributed by atoms with Crippen molar-refractivity contribution in [3.8, 4) is 0 Å². The molecule has 4 unspecified atom stereocenters. The SMILES string of the molecule is COC(=O)C1C2CCC(C[C@@H]1OC(c1ccccc1)c1ccc(Br)cc1)N2C. The molecule has 2 aromatic rings. The van der Waals surface area contributed by atoms with Crippen molar-refractivity contribution < 1.29 is 14.3 Å². The van der Waals surface area contributed by atoms with Gasteiger partial charge in [0.15, 0.2) is 0 Å². The molecule has 0 N–H and O–H groups in total. The van der Waals surface area contributed by atoms with E-state index in [1.807, 2.05) is 30.3 Å². The average molecular weight is 444 g/mol. The summed E-state index contributed by atoms with van der Waals surface area (Å²) in [6, 6.07) is 19.1. The highest BCUT2D eigenvalue weighted by Crippen LogP contribution is 2.42. The van der Waals surface area contributed by atoms with Gasteiger partial charge in [0.1, 0.15) is 6.10 Å². The molecule has 0 radical (unpaired) electrons. The lowest BCUT2D eigenvalue weighted by molar-refractivity contribution is -0.162. The number of carbonyl (C=O) groups excluding carboxylic acids is 1. The van der Waals surface area contributed by atoms with Gasteiger partial charge in [-0.15, -0.1) is 0 Å². The van der Waals surface area contributed by atoms with Gasteiger partial charge in [0.05, 0.1) is 19.1 Å². The number of piperidine rings is 1. The molecule has 5 heteroatoms. The number of hydrogen-bond acceptors (Lipinski definition) is 4. The third kappa shape index (κ3) is 3.76. The van der Waals surface area contributed by atoms with Crippen LogP contribution in [0.15, 0.2) is 59.1 Å². The molecule has 0 amide bonds. The number of nitrogens with zero attached hydrogens (tertiary/aromatic N) is 1. The fraction of sp³-hybridized carbons (Fsp3) is 0.435. The first-order valence-corrected chi connectivity index (χ1v) is 10.6. The van der Waals surface area contributed by atoms with Crippen LogP contribution in [0.2, 0.25) is 0 Å². The Morgan fingerprint density at radius 1 is 1.07 bits per heavy atom. The maximum atomic E-state index is 12.7. The monoisotopic (exact) mass is 443 g/mol. The van der Waals surface area contributed by atoms with E-state index >= 15 is 0 Å². The van der Waals surface area contributed by atoms with Gasteiger partial charge >= 0.3 is 5.97 Å². The number of halogens is 1. The zero-order valence-electron chi connectivity index (χ0n) is 16.3. The van der Waals surface area contributed by atoms with Crippen molar-refractivity contribution in [2.75, 3.05) is 14.2 Å². The van der Waals surface area contributed by atoms with E-state index in [1.165, 1.54) is 7.11 Å². The summed E-state index contributed by atoms with van der Waals surface area (Å²) >= 11 is 3.51. The van der Waals surface area contributed by atoms with Gasteiger partial charge in [0.2, 0.25) is 0 Å². The van der Waals surface area contributed by atoms with E-state index in [0.717, 1.165) is 34.9 Å². The molecule has 2 aliphatic heterocycles. The molecular formula is C23H26BrNO3. The molecule has 2 bridgehead atoms. The minimum absolute atomic E-state index is 0.157. The van der Waals surface area contributed by atoms with Crippen LogP contribution in [0.4, 0.5) is 0 Å². The van der Waals surface area contributed by atoms with Gasteiger partial charge in [0, 0.05) is 16.6 Å². The minimum Gasteiger partial charge on any atom is -0.469 e. The predicted molar refractivity (Wildman–Crippen MR) is 112 cm³/mol. The molecule has 5 atom stereocenters.